The van der Waals surface area contributed by atoms with Crippen molar-refractivity contribution in [2.24, 2.45) is 0 Å². The average molecular weight is 443 g/mol. The maximum absolute atomic E-state index is 12.4. The van der Waals surface area contributed by atoms with Gasteiger partial charge >= 0.3 is 0 Å². The SMILES string of the molecule is COc1ccc(-c2noc(-c3cnn4c(C5CCNCC5)cc(=O)[nH]c34)n2)c(C)c1.Cl. The summed E-state index contributed by atoms with van der Waals surface area (Å²) < 4.78 is 12.6. The third-order valence-electron chi connectivity index (χ3n) is 5.62. The van der Waals surface area contributed by atoms with Crippen LogP contribution in [0.15, 0.2) is 39.8 Å². The molecule has 0 radical (unpaired) electrons. The summed E-state index contributed by atoms with van der Waals surface area (Å²) >= 11 is 0. The van der Waals surface area contributed by atoms with Gasteiger partial charge in [-0.1, -0.05) is 5.16 Å². The predicted octanol–water partition coefficient (Wildman–Crippen LogP) is 2.95. The number of aromatic nitrogens is 5. The quantitative estimate of drug-likeness (QED) is 0.499. The molecule has 5 rings (SSSR count). The minimum Gasteiger partial charge on any atom is -0.497 e. The molecule has 1 fully saturated rings. The van der Waals surface area contributed by atoms with E-state index in [1.54, 1.807) is 23.9 Å². The van der Waals surface area contributed by atoms with E-state index < -0.39 is 0 Å². The molecule has 0 bridgehead atoms. The van der Waals surface area contributed by atoms with Crippen molar-refractivity contribution in [2.75, 3.05) is 20.2 Å². The van der Waals surface area contributed by atoms with E-state index in [0.29, 0.717) is 22.9 Å². The summed E-state index contributed by atoms with van der Waals surface area (Å²) in [5.41, 5.74) is 3.75. The van der Waals surface area contributed by atoms with Crippen LogP contribution in [0.2, 0.25) is 0 Å². The van der Waals surface area contributed by atoms with Gasteiger partial charge in [0.05, 0.1) is 19.0 Å². The topological polar surface area (TPSA) is 110 Å². The summed E-state index contributed by atoms with van der Waals surface area (Å²) in [5, 5.41) is 12.0. The fourth-order valence-corrected chi connectivity index (χ4v) is 4.03. The van der Waals surface area contributed by atoms with Crippen LogP contribution in [0.25, 0.3) is 28.5 Å². The van der Waals surface area contributed by atoms with Crippen molar-refractivity contribution in [3.63, 3.8) is 0 Å². The number of nitrogens with one attached hydrogen (secondary N) is 2. The number of hydrogen-bond acceptors (Lipinski definition) is 7. The Morgan fingerprint density at radius 3 is 2.74 bits per heavy atom. The number of methoxy groups -OCH3 is 1. The number of H-pyrrole nitrogens is 1. The Bertz CT molecular complexity index is 1270. The normalized spacial score (nSPS) is 14.5. The lowest BCUT2D eigenvalue weighted by Crippen LogP contribution is -2.28. The zero-order valence-corrected chi connectivity index (χ0v) is 18.0. The summed E-state index contributed by atoms with van der Waals surface area (Å²) in [6, 6.07) is 7.32. The Labute approximate surface area is 184 Å². The molecule has 0 amide bonds. The van der Waals surface area contributed by atoms with Crippen molar-refractivity contribution in [1.29, 1.82) is 0 Å². The molecule has 1 saturated heterocycles. The molecule has 162 valence electrons. The van der Waals surface area contributed by atoms with Crippen molar-refractivity contribution in [1.82, 2.24) is 30.1 Å². The molecule has 4 heterocycles. The van der Waals surface area contributed by atoms with Gasteiger partial charge in [-0.3, -0.25) is 4.79 Å². The second-order valence-electron chi connectivity index (χ2n) is 7.51. The molecule has 1 aliphatic rings. The monoisotopic (exact) mass is 442 g/mol. The van der Waals surface area contributed by atoms with Crippen molar-refractivity contribution >= 4 is 18.1 Å². The molecule has 0 spiro atoms. The van der Waals surface area contributed by atoms with Gasteiger partial charge in [-0.25, -0.2) is 4.52 Å². The second-order valence-corrected chi connectivity index (χ2v) is 7.51. The number of ether oxygens (including phenoxy) is 1. The molecule has 4 aromatic rings. The number of nitrogens with zero attached hydrogens (tertiary/aromatic N) is 4. The van der Waals surface area contributed by atoms with E-state index in [2.05, 4.69) is 25.5 Å². The van der Waals surface area contributed by atoms with Gasteiger partial charge in [0.2, 0.25) is 5.82 Å². The van der Waals surface area contributed by atoms with Gasteiger partial charge in [0, 0.05) is 17.5 Å². The third kappa shape index (κ3) is 3.82. The molecule has 0 saturated carbocycles. The smallest absolute Gasteiger partial charge is 0.263 e. The fourth-order valence-electron chi connectivity index (χ4n) is 4.03. The number of rotatable bonds is 4. The minimum absolute atomic E-state index is 0. The lowest BCUT2D eigenvalue weighted by atomic mass is 9.94. The highest BCUT2D eigenvalue weighted by molar-refractivity contribution is 5.85. The fraction of sp³-hybridized carbons (Fsp3) is 0.333. The molecule has 0 atom stereocenters. The summed E-state index contributed by atoms with van der Waals surface area (Å²) in [6.07, 6.45) is 3.60. The largest absolute Gasteiger partial charge is 0.497 e. The van der Waals surface area contributed by atoms with E-state index in [1.807, 2.05) is 25.1 Å². The number of piperidine rings is 1. The maximum atomic E-state index is 12.4. The van der Waals surface area contributed by atoms with Crippen molar-refractivity contribution in [3.8, 4) is 28.6 Å². The van der Waals surface area contributed by atoms with Crippen LogP contribution >= 0.6 is 12.4 Å². The average Bonchev–Trinajstić information content (AvgIpc) is 3.40. The van der Waals surface area contributed by atoms with Crippen LogP contribution in [0, 0.1) is 6.92 Å². The zero-order valence-electron chi connectivity index (χ0n) is 17.2. The van der Waals surface area contributed by atoms with Crippen LogP contribution in [0.4, 0.5) is 0 Å². The van der Waals surface area contributed by atoms with Crippen molar-refractivity contribution in [2.45, 2.75) is 25.7 Å². The number of benzene rings is 1. The van der Waals surface area contributed by atoms with Crippen LogP contribution < -0.4 is 15.6 Å². The highest BCUT2D eigenvalue weighted by Gasteiger charge is 2.23. The second kappa shape index (κ2) is 8.52. The Morgan fingerprint density at radius 1 is 1.19 bits per heavy atom. The summed E-state index contributed by atoms with van der Waals surface area (Å²) in [6.45, 7) is 3.83. The Hall–Kier alpha value is -3.17. The first-order valence-corrected chi connectivity index (χ1v) is 9.95. The predicted molar refractivity (Wildman–Crippen MR) is 118 cm³/mol. The maximum Gasteiger partial charge on any atom is 0.263 e. The molecule has 9 nitrogen and oxygen atoms in total. The summed E-state index contributed by atoms with van der Waals surface area (Å²) in [7, 11) is 1.63. The molecule has 1 aromatic carbocycles. The van der Waals surface area contributed by atoms with E-state index in [9.17, 15) is 4.79 Å². The van der Waals surface area contributed by atoms with Gasteiger partial charge < -0.3 is 19.6 Å². The van der Waals surface area contributed by atoms with E-state index >= 15 is 0 Å². The highest BCUT2D eigenvalue weighted by atomic mass is 35.5. The van der Waals surface area contributed by atoms with Gasteiger partial charge in [0.25, 0.3) is 11.4 Å². The molecule has 0 unspecified atom stereocenters. The van der Waals surface area contributed by atoms with Gasteiger partial charge in [-0.05, 0) is 56.6 Å². The Kier molecular flexibility index (Phi) is 5.79. The molecule has 31 heavy (non-hydrogen) atoms. The zero-order chi connectivity index (χ0) is 20.7. The van der Waals surface area contributed by atoms with Gasteiger partial charge in [-0.15, -0.1) is 12.4 Å². The highest BCUT2D eigenvalue weighted by Crippen LogP contribution is 2.30. The standard InChI is InChI=1S/C21H22N6O3.ClH/c1-12-9-14(29-2)3-4-15(12)19-25-21(30-26-19)16-11-23-27-17(10-18(28)24-20(16)27)13-5-7-22-8-6-13;/h3-4,9-11,13,22H,5-8H2,1-2H3,(H,24,28);1H. The van der Waals surface area contributed by atoms with Gasteiger partial charge in [0.15, 0.2) is 0 Å². The number of hydrogen-bond donors (Lipinski definition) is 2. The van der Waals surface area contributed by atoms with Gasteiger partial charge in [0.1, 0.15) is 17.0 Å². The molecular formula is C21H23ClN6O3. The number of aromatic amines is 1. The molecule has 2 N–H and O–H groups in total. The van der Waals surface area contributed by atoms with Crippen LogP contribution in [0.3, 0.4) is 0 Å². The number of aryl methyl sites for hydroxylation is 1. The van der Waals surface area contributed by atoms with Crippen LogP contribution in [-0.2, 0) is 0 Å². The lowest BCUT2D eigenvalue weighted by molar-refractivity contribution is 0.414. The van der Waals surface area contributed by atoms with Crippen LogP contribution in [-0.4, -0.2) is 44.9 Å². The molecular weight excluding hydrogens is 420 g/mol. The molecule has 3 aromatic heterocycles. The van der Waals surface area contributed by atoms with E-state index in [0.717, 1.165) is 48.5 Å². The molecule has 0 aliphatic carbocycles. The van der Waals surface area contributed by atoms with E-state index in [-0.39, 0.29) is 23.9 Å². The van der Waals surface area contributed by atoms with Crippen molar-refractivity contribution in [3.05, 3.63) is 52.1 Å². The molecule has 10 heteroatoms. The Balaban J connectivity index is 0.00000231. The number of fused-ring (bicyclic) bond motifs is 1. The minimum atomic E-state index is -0.163. The first kappa shape index (κ1) is 21.1. The number of halogens is 1. The lowest BCUT2D eigenvalue weighted by Gasteiger charge is -2.23. The summed E-state index contributed by atoms with van der Waals surface area (Å²) in [4.78, 5) is 19.8. The van der Waals surface area contributed by atoms with E-state index in [4.69, 9.17) is 9.26 Å². The molecule has 1 aliphatic heterocycles. The van der Waals surface area contributed by atoms with E-state index in [1.165, 1.54) is 0 Å². The van der Waals surface area contributed by atoms with Crippen LogP contribution in [0.1, 0.15) is 30.0 Å². The van der Waals surface area contributed by atoms with Gasteiger partial charge in [-0.2, -0.15) is 10.1 Å². The summed E-state index contributed by atoms with van der Waals surface area (Å²) in [5.74, 6) is 1.84. The first-order valence-electron chi connectivity index (χ1n) is 9.95. The third-order valence-corrected chi connectivity index (χ3v) is 5.62. The van der Waals surface area contributed by atoms with Crippen LogP contribution in [0.5, 0.6) is 5.75 Å². The Morgan fingerprint density at radius 2 is 2.00 bits per heavy atom. The van der Waals surface area contributed by atoms with Crippen molar-refractivity contribution < 1.29 is 9.26 Å². The first-order chi connectivity index (χ1) is 14.6.